The number of piperidine rings is 1. The van der Waals surface area contributed by atoms with Gasteiger partial charge in [-0.2, -0.15) is 13.2 Å². The Morgan fingerprint density at radius 2 is 1.60 bits per heavy atom. The van der Waals surface area contributed by atoms with Crippen LogP contribution in [-0.4, -0.2) is 106 Å². The topological polar surface area (TPSA) is 176 Å². The molecule has 3 aromatic heterocycles. The molecule has 10 rings (SSSR count). The van der Waals surface area contributed by atoms with E-state index >= 15 is 0 Å². The van der Waals surface area contributed by atoms with E-state index < -0.39 is 47.0 Å². The van der Waals surface area contributed by atoms with E-state index in [1.165, 1.54) is 28.8 Å². The van der Waals surface area contributed by atoms with Gasteiger partial charge in [0, 0.05) is 91.3 Å². The summed E-state index contributed by atoms with van der Waals surface area (Å²) in [5.74, 6) is -2.65. The van der Waals surface area contributed by atoms with E-state index in [1.54, 1.807) is 46.6 Å². The summed E-state index contributed by atoms with van der Waals surface area (Å²) < 4.78 is 51.9. The predicted octanol–water partition coefficient (Wildman–Crippen LogP) is 6.34. The highest BCUT2D eigenvalue weighted by Gasteiger charge is 2.45. The zero-order valence-corrected chi connectivity index (χ0v) is 36.2. The van der Waals surface area contributed by atoms with E-state index in [-0.39, 0.29) is 93.6 Å². The molecular formula is C50H41F3N8O7. The van der Waals surface area contributed by atoms with Gasteiger partial charge in [0.1, 0.15) is 6.04 Å². The van der Waals surface area contributed by atoms with E-state index in [0.717, 1.165) is 32.9 Å². The molecule has 0 radical (unpaired) electrons. The third-order valence-corrected chi connectivity index (χ3v) is 12.7. The quantitative estimate of drug-likeness (QED) is 0.0842. The molecule has 1 atom stereocenters. The van der Waals surface area contributed by atoms with Crippen LogP contribution in [0.3, 0.4) is 0 Å². The number of fused-ring (bicyclic) bond motifs is 5. The summed E-state index contributed by atoms with van der Waals surface area (Å²) in [6.45, 7) is 1.06. The van der Waals surface area contributed by atoms with Crippen LogP contribution < -0.4 is 21.1 Å². The van der Waals surface area contributed by atoms with Crippen LogP contribution in [0.1, 0.15) is 45.5 Å². The van der Waals surface area contributed by atoms with Crippen LogP contribution in [0.5, 0.6) is 0 Å². The van der Waals surface area contributed by atoms with Crippen LogP contribution in [0.25, 0.3) is 49.4 Å². The minimum Gasteiger partial charge on any atom is -0.382 e. The third kappa shape index (κ3) is 8.16. The number of amides is 5. The second-order valence-electron chi connectivity index (χ2n) is 16.8. The Labute approximate surface area is 385 Å². The minimum atomic E-state index is -4.77. The van der Waals surface area contributed by atoms with Gasteiger partial charge < -0.3 is 19.9 Å². The van der Waals surface area contributed by atoms with Gasteiger partial charge in [0.2, 0.25) is 17.7 Å². The highest BCUT2D eigenvalue weighted by molar-refractivity contribution is 6.25. The Bertz CT molecular complexity index is 3290. The third-order valence-electron chi connectivity index (χ3n) is 12.7. The second kappa shape index (κ2) is 17.7. The zero-order valence-electron chi connectivity index (χ0n) is 36.2. The molecule has 7 aromatic rings. The molecule has 68 heavy (non-hydrogen) atoms. The van der Waals surface area contributed by atoms with Gasteiger partial charge >= 0.3 is 6.18 Å². The van der Waals surface area contributed by atoms with Crippen molar-refractivity contribution >= 4 is 73.5 Å². The first-order valence-corrected chi connectivity index (χ1v) is 22.0. The average molecular weight is 923 g/mol. The van der Waals surface area contributed by atoms with E-state index in [0.29, 0.717) is 27.5 Å². The molecule has 0 aliphatic carbocycles. The first kappa shape index (κ1) is 43.9. The molecular weight excluding hydrogens is 882 g/mol. The SMILES string of the molecule is O=C1CCC(N2C(=O)c3cccc(NCCOCCC(=O)N4CCN(c5ccc(-n6c(=O)ccc7cnc8ccc(-c9ccc%10ccncc%10c9)cc8c76)cc5C(F)(F)F)CC4)c3C2=O)C(=O)N1. The summed E-state index contributed by atoms with van der Waals surface area (Å²) in [5.41, 5.74) is 1.92. The smallest absolute Gasteiger partial charge is 0.382 e. The van der Waals surface area contributed by atoms with Crippen LogP contribution in [0.2, 0.25) is 0 Å². The number of hydrogen-bond acceptors (Lipinski definition) is 11. The van der Waals surface area contributed by atoms with Gasteiger partial charge in [-0.25, -0.2) is 0 Å². The van der Waals surface area contributed by atoms with Crippen molar-refractivity contribution in [2.45, 2.75) is 31.5 Å². The molecule has 2 N–H and O–H groups in total. The lowest BCUT2D eigenvalue weighted by molar-refractivity contribution is -0.138. The summed E-state index contributed by atoms with van der Waals surface area (Å²) in [4.78, 5) is 90.3. The molecule has 344 valence electrons. The first-order chi connectivity index (χ1) is 32.8. The number of nitrogens with one attached hydrogen (secondary N) is 2. The van der Waals surface area contributed by atoms with Crippen LogP contribution in [0.15, 0.2) is 114 Å². The van der Waals surface area contributed by atoms with Crippen molar-refractivity contribution in [3.05, 3.63) is 137 Å². The number of pyridine rings is 3. The van der Waals surface area contributed by atoms with E-state index in [1.807, 2.05) is 42.5 Å². The number of benzene rings is 4. The molecule has 1 unspecified atom stereocenters. The molecule has 0 saturated carbocycles. The van der Waals surface area contributed by atoms with Crippen molar-refractivity contribution in [3.63, 3.8) is 0 Å². The number of aromatic nitrogens is 3. The van der Waals surface area contributed by atoms with Crippen molar-refractivity contribution in [1.82, 2.24) is 29.7 Å². The lowest BCUT2D eigenvalue weighted by atomic mass is 9.99. The summed E-state index contributed by atoms with van der Waals surface area (Å²) in [6.07, 6.45) is 0.400. The van der Waals surface area contributed by atoms with Gasteiger partial charge in [-0.05, 0) is 83.6 Å². The number of anilines is 2. The van der Waals surface area contributed by atoms with Gasteiger partial charge in [0.05, 0.1) is 53.0 Å². The van der Waals surface area contributed by atoms with Gasteiger partial charge in [-0.1, -0.05) is 24.3 Å². The van der Waals surface area contributed by atoms with Gasteiger partial charge in [-0.3, -0.25) is 53.5 Å². The molecule has 6 heterocycles. The highest BCUT2D eigenvalue weighted by Crippen LogP contribution is 2.40. The fraction of sp³-hybridized carbons (Fsp3) is 0.240. The summed E-state index contributed by atoms with van der Waals surface area (Å²) in [7, 11) is 0. The minimum absolute atomic E-state index is 0.00693. The molecule has 18 heteroatoms. The zero-order chi connectivity index (χ0) is 47.3. The molecule has 15 nitrogen and oxygen atoms in total. The summed E-state index contributed by atoms with van der Waals surface area (Å²) in [6, 6.07) is 24.0. The molecule has 3 aliphatic heterocycles. The van der Waals surface area contributed by atoms with Gasteiger partial charge in [0.25, 0.3) is 17.4 Å². The molecule has 0 spiro atoms. The largest absolute Gasteiger partial charge is 0.418 e. The number of rotatable bonds is 11. The lowest BCUT2D eigenvalue weighted by Crippen LogP contribution is -2.54. The number of halogens is 3. The Hall–Kier alpha value is -7.99. The van der Waals surface area contributed by atoms with Gasteiger partial charge in [0.15, 0.2) is 0 Å². The van der Waals surface area contributed by atoms with Crippen molar-refractivity contribution < 1.29 is 41.9 Å². The number of nitrogens with zero attached hydrogens (tertiary/aromatic N) is 6. The Morgan fingerprint density at radius 3 is 2.41 bits per heavy atom. The standard InChI is InChI=1S/C50H41F3N8O7/c51-50(52,53)37-26-34(60-44(64)13-7-32-28-56-38-9-6-31(25-36(38)46(32)60)30-5-4-29-14-16-54-27-33(29)24-30)8-10-40(37)58-18-20-59(21-19-58)43(63)15-22-68-23-17-55-39-3-1-2-35-45(39)49(67)61(48(35)66)41-11-12-42(62)57-47(41)65/h1-10,13-14,16,24-28,41,55H,11-12,15,17-23H2,(H,57,62,65). The molecule has 5 amide bonds. The second-order valence-corrected chi connectivity index (χ2v) is 16.8. The predicted molar refractivity (Wildman–Crippen MR) is 246 cm³/mol. The summed E-state index contributed by atoms with van der Waals surface area (Å²) in [5, 5.41) is 8.40. The van der Waals surface area contributed by atoms with Crippen molar-refractivity contribution in [2.24, 2.45) is 0 Å². The van der Waals surface area contributed by atoms with Crippen molar-refractivity contribution in [2.75, 3.05) is 56.2 Å². The molecule has 2 fully saturated rings. The highest BCUT2D eigenvalue weighted by atomic mass is 19.4. The van der Waals surface area contributed by atoms with Gasteiger partial charge in [-0.15, -0.1) is 0 Å². The van der Waals surface area contributed by atoms with E-state index in [9.17, 15) is 41.9 Å². The monoisotopic (exact) mass is 922 g/mol. The Balaban J connectivity index is 0.784. The maximum atomic E-state index is 15.0. The van der Waals surface area contributed by atoms with E-state index in [2.05, 4.69) is 20.6 Å². The molecule has 4 aromatic carbocycles. The normalized spacial score (nSPS) is 16.5. The number of alkyl halides is 3. The average Bonchev–Trinajstić information content (AvgIpc) is 3.60. The first-order valence-electron chi connectivity index (χ1n) is 22.0. The van der Waals surface area contributed by atoms with Crippen molar-refractivity contribution in [1.29, 1.82) is 0 Å². The number of piperazine rings is 1. The fourth-order valence-corrected chi connectivity index (χ4v) is 9.31. The number of carbonyl (C=O) groups is 5. The molecule has 2 saturated heterocycles. The maximum Gasteiger partial charge on any atom is 0.418 e. The van der Waals surface area contributed by atoms with Crippen LogP contribution in [0, 0.1) is 0 Å². The number of imide groups is 2. The lowest BCUT2D eigenvalue weighted by Gasteiger charge is -2.37. The van der Waals surface area contributed by atoms with Crippen molar-refractivity contribution in [3.8, 4) is 16.8 Å². The number of hydrogen-bond donors (Lipinski definition) is 2. The molecule has 0 bridgehead atoms. The van der Waals surface area contributed by atoms with Crippen LogP contribution >= 0.6 is 0 Å². The molecule has 3 aliphatic rings. The van der Waals surface area contributed by atoms with Crippen LogP contribution in [-0.2, 0) is 25.3 Å². The van der Waals surface area contributed by atoms with Crippen LogP contribution in [0.4, 0.5) is 24.5 Å². The van der Waals surface area contributed by atoms with E-state index in [4.69, 9.17) is 4.74 Å². The Morgan fingerprint density at radius 1 is 0.809 bits per heavy atom. The fourth-order valence-electron chi connectivity index (χ4n) is 9.31. The Kier molecular flexibility index (Phi) is 11.4. The maximum absolute atomic E-state index is 15.0. The summed E-state index contributed by atoms with van der Waals surface area (Å²) >= 11 is 0. The number of carbonyl (C=O) groups excluding carboxylic acids is 5. The number of ether oxygens (including phenoxy) is 1.